The second kappa shape index (κ2) is 5.01. The van der Waals surface area contributed by atoms with Crippen LogP contribution in [0.4, 0.5) is 5.69 Å². The lowest BCUT2D eigenvalue weighted by Crippen LogP contribution is -2.31. The Morgan fingerprint density at radius 2 is 2.18 bits per heavy atom. The molecule has 17 heavy (non-hydrogen) atoms. The Morgan fingerprint density at radius 1 is 1.53 bits per heavy atom. The number of rotatable bonds is 3. The van der Waals surface area contributed by atoms with E-state index in [4.69, 9.17) is 11.6 Å². The van der Waals surface area contributed by atoms with Crippen molar-refractivity contribution in [3.63, 3.8) is 0 Å². The third-order valence-corrected chi connectivity index (χ3v) is 4.12. The van der Waals surface area contributed by atoms with Crippen molar-refractivity contribution in [3.05, 3.63) is 25.4 Å². The molecule has 0 spiro atoms. The Morgan fingerprint density at radius 3 is 2.71 bits per heavy atom. The van der Waals surface area contributed by atoms with Crippen molar-refractivity contribution in [1.82, 2.24) is 5.32 Å². The van der Waals surface area contributed by atoms with Crippen molar-refractivity contribution in [2.75, 3.05) is 0 Å². The monoisotopic (exact) mass is 274 g/mol. The summed E-state index contributed by atoms with van der Waals surface area (Å²) in [4.78, 5) is 22.1. The molecule has 1 fully saturated rings. The minimum absolute atomic E-state index is 0.0478. The summed E-state index contributed by atoms with van der Waals surface area (Å²) in [5, 5.41) is 13.5. The molecule has 0 atom stereocenters. The quantitative estimate of drug-likeness (QED) is 0.680. The molecule has 0 bridgehead atoms. The van der Waals surface area contributed by atoms with Crippen LogP contribution in [0.3, 0.4) is 0 Å². The van der Waals surface area contributed by atoms with Crippen LogP contribution >= 0.6 is 22.9 Å². The molecular formula is C10H11ClN2O3S. The molecule has 0 radical (unpaired) electrons. The smallest absolute Gasteiger partial charge is 0.299 e. The van der Waals surface area contributed by atoms with E-state index in [1.54, 1.807) is 0 Å². The molecule has 1 N–H and O–H groups in total. The molecule has 5 nitrogen and oxygen atoms in total. The number of carbonyl (C=O) groups excluding carboxylic acids is 1. The van der Waals surface area contributed by atoms with Crippen LogP contribution in [-0.2, 0) is 0 Å². The highest BCUT2D eigenvalue weighted by Crippen LogP contribution is 2.33. The molecule has 0 unspecified atom stereocenters. The largest absolute Gasteiger partial charge is 0.349 e. The average molecular weight is 275 g/mol. The fourth-order valence-corrected chi connectivity index (χ4v) is 3.05. The van der Waals surface area contributed by atoms with Gasteiger partial charge in [-0.05, 0) is 12.8 Å². The molecule has 0 aromatic carbocycles. The Labute approximate surface area is 107 Å². The highest BCUT2D eigenvalue weighted by Gasteiger charge is 2.23. The number of nitro groups is 1. The van der Waals surface area contributed by atoms with Gasteiger partial charge >= 0.3 is 0 Å². The van der Waals surface area contributed by atoms with E-state index in [2.05, 4.69) is 5.32 Å². The lowest BCUT2D eigenvalue weighted by Gasteiger charge is -2.09. The van der Waals surface area contributed by atoms with E-state index in [0.717, 1.165) is 37.0 Å². The van der Waals surface area contributed by atoms with Crippen molar-refractivity contribution in [2.45, 2.75) is 31.7 Å². The average Bonchev–Trinajstić information content (AvgIpc) is 2.86. The number of nitrogens with zero attached hydrogens (tertiary/aromatic N) is 1. The maximum Gasteiger partial charge on any atom is 0.299 e. The number of nitrogens with one attached hydrogen (secondary N) is 1. The van der Waals surface area contributed by atoms with E-state index in [9.17, 15) is 14.9 Å². The molecule has 7 heteroatoms. The summed E-state index contributed by atoms with van der Waals surface area (Å²) in [5.41, 5.74) is -0.201. The van der Waals surface area contributed by atoms with Crippen molar-refractivity contribution < 1.29 is 9.72 Å². The number of halogens is 1. The molecule has 0 aliphatic heterocycles. The number of carbonyl (C=O) groups is 1. The lowest BCUT2D eigenvalue weighted by molar-refractivity contribution is -0.384. The molecule has 1 aliphatic carbocycles. The minimum Gasteiger partial charge on any atom is -0.349 e. The summed E-state index contributed by atoms with van der Waals surface area (Å²) >= 11 is 6.64. The lowest BCUT2D eigenvalue weighted by atomic mass is 10.2. The summed E-state index contributed by atoms with van der Waals surface area (Å²) < 4.78 is 0.0478. The third-order valence-electron chi connectivity index (χ3n) is 2.78. The number of hydrogen-bond acceptors (Lipinski definition) is 4. The molecule has 1 heterocycles. The molecule has 1 aromatic heterocycles. The van der Waals surface area contributed by atoms with Gasteiger partial charge in [0.25, 0.3) is 11.6 Å². The standard InChI is InChI=1S/C10H11ClN2O3S/c11-9-7(13(15)16)5-8(17-9)10(14)12-6-3-1-2-4-6/h5-6H,1-4H2,(H,12,14). The van der Waals surface area contributed by atoms with Gasteiger partial charge in [-0.15, -0.1) is 11.3 Å². The zero-order chi connectivity index (χ0) is 12.4. The summed E-state index contributed by atoms with van der Waals surface area (Å²) in [5.74, 6) is -0.267. The van der Waals surface area contributed by atoms with Gasteiger partial charge in [-0.25, -0.2) is 0 Å². The van der Waals surface area contributed by atoms with Crippen LogP contribution in [0.15, 0.2) is 6.07 Å². The normalized spacial score (nSPS) is 16.1. The van der Waals surface area contributed by atoms with E-state index in [1.807, 2.05) is 0 Å². The number of hydrogen-bond donors (Lipinski definition) is 1. The van der Waals surface area contributed by atoms with E-state index in [1.165, 1.54) is 6.07 Å². The molecule has 1 amide bonds. The summed E-state index contributed by atoms with van der Waals surface area (Å²) in [6, 6.07) is 1.43. The highest BCUT2D eigenvalue weighted by atomic mass is 35.5. The molecule has 1 saturated carbocycles. The van der Waals surface area contributed by atoms with Crippen LogP contribution < -0.4 is 5.32 Å². The van der Waals surface area contributed by atoms with Gasteiger partial charge in [-0.2, -0.15) is 0 Å². The molecule has 2 rings (SSSR count). The van der Waals surface area contributed by atoms with Crippen LogP contribution in [0.1, 0.15) is 35.4 Å². The van der Waals surface area contributed by atoms with Crippen molar-refractivity contribution in [1.29, 1.82) is 0 Å². The van der Waals surface area contributed by atoms with Gasteiger partial charge in [-0.1, -0.05) is 24.4 Å². The zero-order valence-electron chi connectivity index (χ0n) is 8.94. The predicted molar refractivity (Wildman–Crippen MR) is 65.7 cm³/mol. The molecule has 1 aromatic rings. The first-order valence-electron chi connectivity index (χ1n) is 5.32. The van der Waals surface area contributed by atoms with Gasteiger partial charge in [0.15, 0.2) is 4.34 Å². The van der Waals surface area contributed by atoms with Gasteiger partial charge in [0.1, 0.15) is 4.88 Å². The van der Waals surface area contributed by atoms with Crippen molar-refractivity contribution in [3.8, 4) is 0 Å². The first kappa shape index (κ1) is 12.3. The predicted octanol–water partition coefficient (Wildman–Crippen LogP) is 2.98. The Balaban J connectivity index is 2.08. The molecular weight excluding hydrogens is 264 g/mol. The van der Waals surface area contributed by atoms with Gasteiger partial charge in [-0.3, -0.25) is 14.9 Å². The Hall–Kier alpha value is -1.14. The van der Waals surface area contributed by atoms with Gasteiger partial charge < -0.3 is 5.32 Å². The highest BCUT2D eigenvalue weighted by molar-refractivity contribution is 7.18. The van der Waals surface area contributed by atoms with E-state index in [0.29, 0.717) is 4.88 Å². The van der Waals surface area contributed by atoms with Gasteiger partial charge in [0, 0.05) is 12.1 Å². The maximum absolute atomic E-state index is 11.8. The van der Waals surface area contributed by atoms with E-state index in [-0.39, 0.29) is 22.0 Å². The second-order valence-corrected chi connectivity index (χ2v) is 5.64. The van der Waals surface area contributed by atoms with Crippen LogP contribution in [0, 0.1) is 10.1 Å². The molecule has 0 saturated heterocycles. The van der Waals surface area contributed by atoms with E-state index < -0.39 is 4.92 Å². The second-order valence-electron chi connectivity index (χ2n) is 3.98. The summed E-state index contributed by atoms with van der Waals surface area (Å²) in [6.07, 6.45) is 4.20. The van der Waals surface area contributed by atoms with Crippen molar-refractivity contribution in [2.24, 2.45) is 0 Å². The molecule has 92 valence electrons. The Bertz CT molecular complexity index is 454. The number of amides is 1. The summed E-state index contributed by atoms with van der Waals surface area (Å²) in [6.45, 7) is 0. The number of thiophene rings is 1. The SMILES string of the molecule is O=C(NC1CCCC1)c1cc([N+](=O)[O-])c(Cl)s1. The van der Waals surface area contributed by atoms with Crippen LogP contribution in [-0.4, -0.2) is 16.9 Å². The first-order chi connectivity index (χ1) is 8.08. The third kappa shape index (κ3) is 2.76. The fraction of sp³-hybridized carbons (Fsp3) is 0.500. The van der Waals surface area contributed by atoms with Gasteiger partial charge in [0.2, 0.25) is 0 Å². The summed E-state index contributed by atoms with van der Waals surface area (Å²) in [7, 11) is 0. The maximum atomic E-state index is 11.8. The topological polar surface area (TPSA) is 72.2 Å². The molecule has 1 aliphatic rings. The van der Waals surface area contributed by atoms with E-state index >= 15 is 0 Å². The van der Waals surface area contributed by atoms with Crippen LogP contribution in [0.5, 0.6) is 0 Å². The zero-order valence-corrected chi connectivity index (χ0v) is 10.5. The van der Waals surface area contributed by atoms with Crippen LogP contribution in [0.25, 0.3) is 0 Å². The fourth-order valence-electron chi connectivity index (χ4n) is 1.92. The van der Waals surface area contributed by atoms with Crippen LogP contribution in [0.2, 0.25) is 4.34 Å². The first-order valence-corrected chi connectivity index (χ1v) is 6.52. The Kier molecular flexibility index (Phi) is 3.63. The van der Waals surface area contributed by atoms with Gasteiger partial charge in [0.05, 0.1) is 4.92 Å². The van der Waals surface area contributed by atoms with Crippen molar-refractivity contribution >= 4 is 34.5 Å². The minimum atomic E-state index is -0.578.